The van der Waals surface area contributed by atoms with E-state index >= 15 is 0 Å². The van der Waals surface area contributed by atoms with Gasteiger partial charge in [-0.1, -0.05) is 89.9 Å². The van der Waals surface area contributed by atoms with Gasteiger partial charge in [0.1, 0.15) is 0 Å². The molecule has 0 heterocycles. The van der Waals surface area contributed by atoms with Crippen molar-refractivity contribution in [3.8, 4) is 0 Å². The molecular weight excluding hydrogens is 280 g/mol. The third-order valence-electron chi connectivity index (χ3n) is 6.16. The van der Waals surface area contributed by atoms with Crippen LogP contribution in [0.5, 0.6) is 0 Å². The summed E-state index contributed by atoms with van der Waals surface area (Å²) in [5.41, 5.74) is 0. The molecule has 0 atom stereocenters. The van der Waals surface area contributed by atoms with Crippen molar-refractivity contribution in [3.63, 3.8) is 0 Å². The van der Waals surface area contributed by atoms with Crippen molar-refractivity contribution < 1.29 is 4.74 Å². The third-order valence-corrected chi connectivity index (χ3v) is 6.16. The molecule has 2 saturated carbocycles. The minimum atomic E-state index is 0.854. The summed E-state index contributed by atoms with van der Waals surface area (Å²) in [6.45, 7) is 2.10. The Kier molecular flexibility index (Phi) is 11.1. The Labute approximate surface area is 146 Å². The highest BCUT2D eigenvalue weighted by Gasteiger charge is 2.14. The SMILES string of the molecule is C1CCCCC(COCC2CCCCCCCCC2)CCCC1. The van der Waals surface area contributed by atoms with E-state index in [1.807, 2.05) is 0 Å². The first kappa shape index (κ1) is 19.3. The second kappa shape index (κ2) is 13.3. The topological polar surface area (TPSA) is 9.23 Å². The summed E-state index contributed by atoms with van der Waals surface area (Å²) >= 11 is 0. The fraction of sp³-hybridized carbons (Fsp3) is 1.00. The quantitative estimate of drug-likeness (QED) is 0.528. The first-order chi connectivity index (χ1) is 11.4. The zero-order valence-electron chi connectivity index (χ0n) is 15.7. The highest BCUT2D eigenvalue weighted by Crippen LogP contribution is 2.24. The molecule has 1 nitrogen and oxygen atoms in total. The van der Waals surface area contributed by atoms with E-state index in [4.69, 9.17) is 4.74 Å². The van der Waals surface area contributed by atoms with Gasteiger partial charge in [-0.05, 0) is 37.5 Å². The van der Waals surface area contributed by atoms with Gasteiger partial charge in [-0.3, -0.25) is 0 Å². The van der Waals surface area contributed by atoms with Crippen LogP contribution in [0.4, 0.5) is 0 Å². The van der Waals surface area contributed by atoms with Crippen molar-refractivity contribution in [2.45, 2.75) is 116 Å². The summed E-state index contributed by atoms with van der Waals surface area (Å²) in [5.74, 6) is 1.71. The Morgan fingerprint density at radius 2 is 0.652 bits per heavy atom. The molecule has 0 aromatic rings. The Bertz CT molecular complexity index is 217. The fourth-order valence-corrected chi connectivity index (χ4v) is 4.52. The number of hydrogen-bond donors (Lipinski definition) is 0. The van der Waals surface area contributed by atoms with Crippen LogP contribution in [0, 0.1) is 11.8 Å². The maximum atomic E-state index is 6.25. The van der Waals surface area contributed by atoms with E-state index in [2.05, 4.69) is 0 Å². The first-order valence-corrected chi connectivity index (χ1v) is 11.0. The molecule has 0 amide bonds. The molecule has 0 aromatic heterocycles. The molecule has 2 aliphatic rings. The monoisotopic (exact) mass is 322 g/mol. The van der Waals surface area contributed by atoms with E-state index in [1.54, 1.807) is 0 Å². The van der Waals surface area contributed by atoms with Gasteiger partial charge in [0.2, 0.25) is 0 Å². The molecular formula is C22H42O. The molecule has 0 bridgehead atoms. The van der Waals surface area contributed by atoms with Gasteiger partial charge in [-0.25, -0.2) is 0 Å². The van der Waals surface area contributed by atoms with Crippen LogP contribution in [0.15, 0.2) is 0 Å². The van der Waals surface area contributed by atoms with Gasteiger partial charge in [0.15, 0.2) is 0 Å². The predicted molar refractivity (Wildman–Crippen MR) is 101 cm³/mol. The summed E-state index contributed by atoms with van der Waals surface area (Å²) in [6, 6.07) is 0. The molecule has 0 unspecified atom stereocenters. The summed E-state index contributed by atoms with van der Waals surface area (Å²) in [4.78, 5) is 0. The van der Waals surface area contributed by atoms with E-state index in [1.165, 1.54) is 116 Å². The molecule has 2 fully saturated rings. The number of hydrogen-bond acceptors (Lipinski definition) is 1. The summed E-state index contributed by atoms with van der Waals surface area (Å²) in [7, 11) is 0. The molecule has 0 aliphatic heterocycles. The Balaban J connectivity index is 1.62. The zero-order chi connectivity index (χ0) is 16.0. The van der Waals surface area contributed by atoms with Crippen LogP contribution in [-0.2, 0) is 4.74 Å². The molecule has 1 heteroatoms. The predicted octanol–water partition coefficient (Wildman–Crippen LogP) is 7.28. The summed E-state index contributed by atoms with van der Waals surface area (Å²) in [5, 5.41) is 0. The van der Waals surface area contributed by atoms with Crippen molar-refractivity contribution >= 4 is 0 Å². The van der Waals surface area contributed by atoms with E-state index in [9.17, 15) is 0 Å². The standard InChI is InChI=1S/C22H42O/c1-3-7-11-15-21(16-12-8-4-1)19-23-20-22-17-13-9-5-2-6-10-14-18-22/h21-22H,1-20H2. The molecule has 0 N–H and O–H groups in total. The van der Waals surface area contributed by atoms with Gasteiger partial charge in [0, 0.05) is 13.2 Å². The summed E-state index contributed by atoms with van der Waals surface area (Å²) in [6.07, 6.45) is 26.1. The average Bonchev–Trinajstić information content (AvgIpc) is 2.59. The smallest absolute Gasteiger partial charge is 0.0494 e. The lowest BCUT2D eigenvalue weighted by Crippen LogP contribution is -2.16. The van der Waals surface area contributed by atoms with Gasteiger partial charge in [-0.2, -0.15) is 0 Å². The van der Waals surface area contributed by atoms with Crippen LogP contribution < -0.4 is 0 Å². The van der Waals surface area contributed by atoms with Crippen LogP contribution in [0.3, 0.4) is 0 Å². The van der Waals surface area contributed by atoms with Crippen LogP contribution >= 0.6 is 0 Å². The van der Waals surface area contributed by atoms with E-state index in [-0.39, 0.29) is 0 Å². The summed E-state index contributed by atoms with van der Waals surface area (Å²) < 4.78 is 6.25. The molecule has 0 aromatic carbocycles. The minimum absolute atomic E-state index is 0.854. The molecule has 136 valence electrons. The second-order valence-electron chi connectivity index (χ2n) is 8.37. The van der Waals surface area contributed by atoms with Crippen LogP contribution in [0.25, 0.3) is 0 Å². The molecule has 23 heavy (non-hydrogen) atoms. The van der Waals surface area contributed by atoms with Gasteiger partial charge < -0.3 is 4.74 Å². The highest BCUT2D eigenvalue weighted by molar-refractivity contribution is 4.65. The Morgan fingerprint density at radius 3 is 0.957 bits per heavy atom. The lowest BCUT2D eigenvalue weighted by atomic mass is 9.92. The normalized spacial score (nSPS) is 25.0. The number of ether oxygens (including phenoxy) is 1. The Hall–Kier alpha value is -0.0400. The van der Waals surface area contributed by atoms with Crippen molar-refractivity contribution in [2.75, 3.05) is 13.2 Å². The maximum absolute atomic E-state index is 6.25. The van der Waals surface area contributed by atoms with E-state index in [0.717, 1.165) is 25.0 Å². The third kappa shape index (κ3) is 9.75. The zero-order valence-corrected chi connectivity index (χ0v) is 15.7. The van der Waals surface area contributed by atoms with Crippen molar-refractivity contribution in [1.82, 2.24) is 0 Å². The van der Waals surface area contributed by atoms with Gasteiger partial charge in [0.25, 0.3) is 0 Å². The number of rotatable bonds is 4. The van der Waals surface area contributed by atoms with Crippen LogP contribution in [0.2, 0.25) is 0 Å². The van der Waals surface area contributed by atoms with Gasteiger partial charge in [0.05, 0.1) is 0 Å². The van der Waals surface area contributed by atoms with Gasteiger partial charge in [-0.15, -0.1) is 0 Å². The van der Waals surface area contributed by atoms with E-state index in [0.29, 0.717) is 0 Å². The molecule has 0 spiro atoms. The lowest BCUT2D eigenvalue weighted by molar-refractivity contribution is 0.0581. The van der Waals surface area contributed by atoms with Crippen LogP contribution in [0.1, 0.15) is 116 Å². The highest BCUT2D eigenvalue weighted by atomic mass is 16.5. The molecule has 0 radical (unpaired) electrons. The van der Waals surface area contributed by atoms with Crippen LogP contribution in [-0.4, -0.2) is 13.2 Å². The van der Waals surface area contributed by atoms with Gasteiger partial charge >= 0.3 is 0 Å². The van der Waals surface area contributed by atoms with E-state index < -0.39 is 0 Å². The van der Waals surface area contributed by atoms with Crippen molar-refractivity contribution in [1.29, 1.82) is 0 Å². The van der Waals surface area contributed by atoms with Crippen molar-refractivity contribution in [3.05, 3.63) is 0 Å². The lowest BCUT2D eigenvalue weighted by Gasteiger charge is -2.22. The molecule has 2 rings (SSSR count). The molecule has 0 saturated heterocycles. The Morgan fingerprint density at radius 1 is 0.391 bits per heavy atom. The second-order valence-corrected chi connectivity index (χ2v) is 8.37. The molecule has 2 aliphatic carbocycles. The fourth-order valence-electron chi connectivity index (χ4n) is 4.52. The first-order valence-electron chi connectivity index (χ1n) is 11.0. The minimum Gasteiger partial charge on any atom is -0.381 e. The average molecular weight is 323 g/mol. The van der Waals surface area contributed by atoms with Crippen molar-refractivity contribution in [2.24, 2.45) is 11.8 Å². The maximum Gasteiger partial charge on any atom is 0.0494 e. The largest absolute Gasteiger partial charge is 0.381 e.